The first kappa shape index (κ1) is 14.8. The van der Waals surface area contributed by atoms with E-state index in [0.717, 1.165) is 56.3 Å². The highest BCUT2D eigenvalue weighted by molar-refractivity contribution is 7.17. The lowest BCUT2D eigenvalue weighted by atomic mass is 10.2. The van der Waals surface area contributed by atoms with E-state index < -0.39 is 5.97 Å². The number of hydrogen-bond donors (Lipinski definition) is 1. The molecule has 2 heterocycles. The normalized spacial score (nSPS) is 22.2. The van der Waals surface area contributed by atoms with E-state index in [1.807, 2.05) is 0 Å². The van der Waals surface area contributed by atoms with Crippen LogP contribution in [-0.4, -0.2) is 53.2 Å². The zero-order valence-corrected chi connectivity index (χ0v) is 13.5. The molecular weight excluding hydrogens is 286 g/mol. The van der Waals surface area contributed by atoms with Crippen LogP contribution in [0.25, 0.3) is 0 Å². The number of aromatic carboxylic acids is 1. The minimum atomic E-state index is -0.819. The minimum Gasteiger partial charge on any atom is -0.477 e. The molecule has 1 aliphatic heterocycles. The molecule has 1 atom stereocenters. The summed E-state index contributed by atoms with van der Waals surface area (Å²) in [4.78, 5) is 21.3. The molecule has 1 saturated heterocycles. The molecule has 0 amide bonds. The van der Waals surface area contributed by atoms with E-state index in [0.29, 0.717) is 16.8 Å². The van der Waals surface area contributed by atoms with Crippen LogP contribution in [0, 0.1) is 0 Å². The van der Waals surface area contributed by atoms with Gasteiger partial charge in [-0.1, -0.05) is 25.2 Å². The lowest BCUT2D eigenvalue weighted by Gasteiger charge is -2.25. The zero-order chi connectivity index (χ0) is 15.0. The van der Waals surface area contributed by atoms with Gasteiger partial charge in [-0.15, -0.1) is 0 Å². The fraction of sp³-hybridized carbons (Fsp3) is 0.733. The molecule has 0 bridgehead atoms. The highest BCUT2D eigenvalue weighted by atomic mass is 32.1. The van der Waals surface area contributed by atoms with E-state index in [1.165, 1.54) is 11.3 Å². The number of thiazole rings is 1. The molecule has 1 unspecified atom stereocenters. The Kier molecular flexibility index (Phi) is 4.17. The van der Waals surface area contributed by atoms with E-state index in [4.69, 9.17) is 0 Å². The Morgan fingerprint density at radius 3 is 2.67 bits per heavy atom. The first-order valence-corrected chi connectivity index (χ1v) is 8.68. The summed E-state index contributed by atoms with van der Waals surface area (Å²) in [5, 5.41) is 10.3. The van der Waals surface area contributed by atoms with Gasteiger partial charge in [-0.3, -0.25) is 4.90 Å². The second-order valence-electron chi connectivity index (χ2n) is 5.90. The van der Waals surface area contributed by atoms with Crippen LogP contribution in [0.3, 0.4) is 0 Å². The summed E-state index contributed by atoms with van der Waals surface area (Å²) in [6.45, 7) is 8.49. The second kappa shape index (κ2) is 5.93. The Bertz CT molecular complexity index is 523. The smallest absolute Gasteiger partial charge is 0.347 e. The molecule has 1 saturated carbocycles. The Morgan fingerprint density at radius 2 is 2.10 bits per heavy atom. The quantitative estimate of drug-likeness (QED) is 0.875. The monoisotopic (exact) mass is 309 g/mol. The first-order chi connectivity index (χ1) is 10.1. The Morgan fingerprint density at radius 1 is 1.38 bits per heavy atom. The van der Waals surface area contributed by atoms with Crippen LogP contribution in [0.5, 0.6) is 0 Å². The summed E-state index contributed by atoms with van der Waals surface area (Å²) in [7, 11) is 0. The maximum absolute atomic E-state index is 11.4. The molecule has 5 nitrogen and oxygen atoms in total. The Hall–Kier alpha value is -1.14. The summed E-state index contributed by atoms with van der Waals surface area (Å²) in [6.07, 6.45) is 3.32. The minimum absolute atomic E-state index is 0.391. The van der Waals surface area contributed by atoms with Crippen LogP contribution in [0.2, 0.25) is 0 Å². The summed E-state index contributed by atoms with van der Waals surface area (Å²) >= 11 is 1.36. The van der Waals surface area contributed by atoms with Gasteiger partial charge in [0.15, 0.2) is 5.13 Å². The molecule has 3 rings (SSSR count). The molecule has 6 heteroatoms. The lowest BCUT2D eigenvalue weighted by molar-refractivity contribution is 0.0700. The number of carboxylic acid groups (broad SMARTS) is 1. The first-order valence-electron chi connectivity index (χ1n) is 7.87. The van der Waals surface area contributed by atoms with Crippen LogP contribution in [0.4, 0.5) is 5.13 Å². The van der Waals surface area contributed by atoms with E-state index in [-0.39, 0.29) is 0 Å². The topological polar surface area (TPSA) is 56.7 Å². The molecule has 0 aromatic carbocycles. The van der Waals surface area contributed by atoms with E-state index >= 15 is 0 Å². The van der Waals surface area contributed by atoms with Crippen LogP contribution >= 0.6 is 11.3 Å². The summed E-state index contributed by atoms with van der Waals surface area (Å²) < 4.78 is 0. The van der Waals surface area contributed by atoms with Gasteiger partial charge in [0.05, 0.1) is 5.69 Å². The number of rotatable bonds is 6. The Labute approximate surface area is 129 Å². The average Bonchev–Trinajstić information content (AvgIpc) is 3.03. The summed E-state index contributed by atoms with van der Waals surface area (Å²) in [6, 6.07) is 0.571. The van der Waals surface area contributed by atoms with Gasteiger partial charge in [-0.25, -0.2) is 9.78 Å². The van der Waals surface area contributed by atoms with Crippen molar-refractivity contribution >= 4 is 22.4 Å². The number of nitrogens with zero attached hydrogens (tertiary/aromatic N) is 3. The van der Waals surface area contributed by atoms with Gasteiger partial charge in [0.2, 0.25) is 0 Å². The van der Waals surface area contributed by atoms with Crippen LogP contribution < -0.4 is 4.90 Å². The van der Waals surface area contributed by atoms with Gasteiger partial charge < -0.3 is 10.0 Å². The van der Waals surface area contributed by atoms with E-state index in [2.05, 4.69) is 28.6 Å². The largest absolute Gasteiger partial charge is 0.477 e. The van der Waals surface area contributed by atoms with Crippen LogP contribution in [0.1, 0.15) is 54.4 Å². The molecule has 1 aromatic rings. The van der Waals surface area contributed by atoms with Crippen molar-refractivity contribution in [2.24, 2.45) is 0 Å². The summed E-state index contributed by atoms with van der Waals surface area (Å²) in [5.41, 5.74) is 0.828. The van der Waals surface area contributed by atoms with Crippen LogP contribution in [0.15, 0.2) is 0 Å². The molecule has 2 aliphatic rings. The van der Waals surface area contributed by atoms with Crippen LogP contribution in [-0.2, 0) is 0 Å². The molecule has 116 valence electrons. The third-order valence-corrected chi connectivity index (χ3v) is 5.68. The molecule has 1 N–H and O–H groups in total. The predicted molar refractivity (Wildman–Crippen MR) is 84.6 cm³/mol. The number of likely N-dealkylation sites (N-methyl/N-ethyl adjacent to an activating group) is 1. The number of anilines is 1. The number of hydrogen-bond acceptors (Lipinski definition) is 5. The SMILES string of the molecule is CCN(CC)C1CCN(c2nc(C3CC3)c(C(=O)O)s2)C1. The molecule has 0 radical (unpaired) electrons. The van der Waals surface area contributed by atoms with Gasteiger partial charge in [0.1, 0.15) is 4.88 Å². The van der Waals surface area contributed by atoms with Crippen molar-refractivity contribution < 1.29 is 9.90 Å². The highest BCUT2D eigenvalue weighted by Gasteiger charge is 2.34. The van der Waals surface area contributed by atoms with Gasteiger partial charge in [0.25, 0.3) is 0 Å². The number of aromatic nitrogens is 1. The molecule has 0 spiro atoms. The van der Waals surface area contributed by atoms with E-state index in [1.54, 1.807) is 0 Å². The maximum Gasteiger partial charge on any atom is 0.347 e. The second-order valence-corrected chi connectivity index (χ2v) is 6.88. The molecule has 1 aliphatic carbocycles. The van der Waals surface area contributed by atoms with Crippen molar-refractivity contribution in [2.45, 2.75) is 45.1 Å². The molecular formula is C15H23N3O2S. The summed E-state index contributed by atoms with van der Waals surface area (Å²) in [5.74, 6) is -0.428. The van der Waals surface area contributed by atoms with E-state index in [9.17, 15) is 9.90 Å². The van der Waals surface area contributed by atoms with Crippen molar-refractivity contribution in [3.8, 4) is 0 Å². The van der Waals surface area contributed by atoms with Gasteiger partial charge in [-0.05, 0) is 32.4 Å². The maximum atomic E-state index is 11.4. The third kappa shape index (κ3) is 2.92. The predicted octanol–water partition coefficient (Wildman–Crippen LogP) is 2.64. The van der Waals surface area contributed by atoms with Gasteiger partial charge in [0, 0.05) is 25.0 Å². The molecule has 2 fully saturated rings. The lowest BCUT2D eigenvalue weighted by Crippen LogP contribution is -2.37. The fourth-order valence-corrected chi connectivity index (χ4v) is 4.22. The Balaban J connectivity index is 1.76. The van der Waals surface area contributed by atoms with Crippen molar-refractivity contribution in [1.82, 2.24) is 9.88 Å². The number of carbonyl (C=O) groups is 1. The molecule has 21 heavy (non-hydrogen) atoms. The highest BCUT2D eigenvalue weighted by Crippen LogP contribution is 2.44. The van der Waals surface area contributed by atoms with Gasteiger partial charge in [-0.2, -0.15) is 0 Å². The zero-order valence-electron chi connectivity index (χ0n) is 12.7. The average molecular weight is 309 g/mol. The third-order valence-electron chi connectivity index (χ3n) is 4.56. The standard InChI is InChI=1S/C15H23N3O2S/c1-3-17(4-2)11-7-8-18(9-11)15-16-12(10-5-6-10)13(21-15)14(19)20/h10-11H,3-9H2,1-2H3,(H,19,20). The fourth-order valence-electron chi connectivity index (χ4n) is 3.20. The van der Waals surface area contributed by atoms with Crippen molar-refractivity contribution in [2.75, 3.05) is 31.1 Å². The van der Waals surface area contributed by atoms with Crippen molar-refractivity contribution in [1.29, 1.82) is 0 Å². The van der Waals surface area contributed by atoms with Gasteiger partial charge >= 0.3 is 5.97 Å². The number of carboxylic acids is 1. The van der Waals surface area contributed by atoms with Crippen molar-refractivity contribution in [3.63, 3.8) is 0 Å². The van der Waals surface area contributed by atoms with Crippen molar-refractivity contribution in [3.05, 3.63) is 10.6 Å². The molecule has 1 aromatic heterocycles.